The number of rotatable bonds is 9. The van der Waals surface area contributed by atoms with E-state index in [0.29, 0.717) is 23.2 Å². The molecule has 120 valence electrons. The maximum absolute atomic E-state index is 12.0. The number of hydrogen-bond donors (Lipinski definition) is 2. The lowest BCUT2D eigenvalue weighted by molar-refractivity contribution is 0.541. The third kappa shape index (κ3) is 5.76. The summed E-state index contributed by atoms with van der Waals surface area (Å²) in [6.45, 7) is 4.90. The Hall–Kier alpha value is -0.930. The van der Waals surface area contributed by atoms with Gasteiger partial charge in [-0.25, -0.2) is 17.8 Å². The van der Waals surface area contributed by atoms with E-state index >= 15 is 0 Å². The van der Waals surface area contributed by atoms with Crippen LogP contribution in [0.1, 0.15) is 26.7 Å². The van der Waals surface area contributed by atoms with Crippen LogP contribution < -0.4 is 15.6 Å². The summed E-state index contributed by atoms with van der Waals surface area (Å²) in [5, 5.41) is 6.98. The zero-order valence-corrected chi connectivity index (χ0v) is 14.6. The average Bonchev–Trinajstić information content (AvgIpc) is 2.42. The highest BCUT2D eigenvalue weighted by Gasteiger charge is 2.11. The molecule has 0 spiro atoms. The molecule has 1 aromatic heterocycles. The van der Waals surface area contributed by atoms with Crippen molar-refractivity contribution in [3.05, 3.63) is 21.0 Å². The van der Waals surface area contributed by atoms with Crippen LogP contribution in [0.3, 0.4) is 0 Å². The molecule has 0 aromatic carbocycles. The molecule has 9 heteroatoms. The van der Waals surface area contributed by atoms with Gasteiger partial charge in [-0.1, -0.05) is 20.3 Å². The highest BCUT2D eigenvalue weighted by Crippen LogP contribution is 2.15. The van der Waals surface area contributed by atoms with Gasteiger partial charge in [0.25, 0.3) is 5.56 Å². The van der Waals surface area contributed by atoms with Crippen LogP contribution in [0, 0.1) is 0 Å². The van der Waals surface area contributed by atoms with Gasteiger partial charge in [0.15, 0.2) is 0 Å². The molecular formula is C12H21BrN4O3S. The van der Waals surface area contributed by atoms with Gasteiger partial charge in [-0.15, -0.1) is 0 Å². The molecule has 0 saturated heterocycles. The van der Waals surface area contributed by atoms with E-state index in [1.807, 2.05) is 6.92 Å². The van der Waals surface area contributed by atoms with Gasteiger partial charge in [-0.3, -0.25) is 4.79 Å². The molecule has 1 heterocycles. The van der Waals surface area contributed by atoms with E-state index in [4.69, 9.17) is 0 Å². The monoisotopic (exact) mass is 380 g/mol. The van der Waals surface area contributed by atoms with Crippen LogP contribution >= 0.6 is 15.9 Å². The molecule has 7 nitrogen and oxygen atoms in total. The summed E-state index contributed by atoms with van der Waals surface area (Å²) in [4.78, 5) is 12.0. The van der Waals surface area contributed by atoms with Crippen molar-refractivity contribution in [3.63, 3.8) is 0 Å². The van der Waals surface area contributed by atoms with E-state index in [1.54, 1.807) is 6.92 Å². The smallest absolute Gasteiger partial charge is 0.283 e. The molecule has 21 heavy (non-hydrogen) atoms. The highest BCUT2D eigenvalue weighted by molar-refractivity contribution is 9.10. The maximum Gasteiger partial charge on any atom is 0.283 e. The van der Waals surface area contributed by atoms with Gasteiger partial charge in [0.1, 0.15) is 4.47 Å². The lowest BCUT2D eigenvalue weighted by Gasteiger charge is -2.10. The first-order valence-corrected chi connectivity index (χ1v) is 9.32. The van der Waals surface area contributed by atoms with Gasteiger partial charge in [0.2, 0.25) is 10.0 Å². The largest absolute Gasteiger partial charge is 0.382 e. The number of aryl methyl sites for hydroxylation is 1. The SMILES string of the molecule is CCCCn1ncc(NCCS(=O)(=O)NCC)c(Br)c1=O. The maximum atomic E-state index is 12.0. The third-order valence-corrected chi connectivity index (χ3v) is 5.00. The minimum Gasteiger partial charge on any atom is -0.382 e. The predicted molar refractivity (Wildman–Crippen MR) is 87.1 cm³/mol. The molecule has 0 bridgehead atoms. The summed E-state index contributed by atoms with van der Waals surface area (Å²) >= 11 is 3.23. The number of unbranched alkanes of at least 4 members (excludes halogenated alkanes) is 1. The molecule has 2 N–H and O–H groups in total. The summed E-state index contributed by atoms with van der Waals surface area (Å²) in [5.41, 5.74) is 0.280. The first-order valence-electron chi connectivity index (χ1n) is 6.88. The van der Waals surface area contributed by atoms with Crippen molar-refractivity contribution in [2.45, 2.75) is 33.2 Å². The molecule has 0 radical (unpaired) electrons. The predicted octanol–water partition coefficient (Wildman–Crippen LogP) is 1.16. The molecule has 0 fully saturated rings. The zero-order chi connectivity index (χ0) is 15.9. The van der Waals surface area contributed by atoms with Gasteiger partial charge < -0.3 is 5.32 Å². The van der Waals surface area contributed by atoms with Gasteiger partial charge in [0.05, 0.1) is 17.6 Å². The number of nitrogens with one attached hydrogen (secondary N) is 2. The second-order valence-corrected chi connectivity index (χ2v) is 7.22. The van der Waals surface area contributed by atoms with Crippen molar-refractivity contribution in [1.82, 2.24) is 14.5 Å². The zero-order valence-electron chi connectivity index (χ0n) is 12.2. The Balaban J connectivity index is 2.69. The molecule has 0 amide bonds. The molecule has 0 atom stereocenters. The fraction of sp³-hybridized carbons (Fsp3) is 0.667. The van der Waals surface area contributed by atoms with Crippen LogP contribution in [-0.2, 0) is 16.6 Å². The van der Waals surface area contributed by atoms with E-state index in [2.05, 4.69) is 31.1 Å². The Kier molecular flexibility index (Phi) is 7.33. The first-order chi connectivity index (χ1) is 9.91. The molecule has 0 unspecified atom stereocenters. The topological polar surface area (TPSA) is 93.1 Å². The molecule has 0 aliphatic carbocycles. The van der Waals surface area contributed by atoms with Crippen molar-refractivity contribution < 1.29 is 8.42 Å². The van der Waals surface area contributed by atoms with Crippen LogP contribution in [0.4, 0.5) is 5.69 Å². The van der Waals surface area contributed by atoms with E-state index in [0.717, 1.165) is 12.8 Å². The second kappa shape index (κ2) is 8.50. The highest BCUT2D eigenvalue weighted by atomic mass is 79.9. The minimum atomic E-state index is -3.28. The number of nitrogens with zero attached hydrogens (tertiary/aromatic N) is 2. The summed E-state index contributed by atoms with van der Waals surface area (Å²) in [6, 6.07) is 0. The fourth-order valence-corrected chi connectivity index (χ4v) is 3.07. The molecule has 1 aromatic rings. The van der Waals surface area contributed by atoms with Gasteiger partial charge >= 0.3 is 0 Å². The van der Waals surface area contributed by atoms with Crippen molar-refractivity contribution in [2.24, 2.45) is 0 Å². The molecule has 0 aliphatic rings. The number of anilines is 1. The Morgan fingerprint density at radius 2 is 2.10 bits per heavy atom. The van der Waals surface area contributed by atoms with E-state index < -0.39 is 10.0 Å². The molecule has 1 rings (SSSR count). The Labute approximate surface area is 133 Å². The van der Waals surface area contributed by atoms with Gasteiger partial charge in [-0.2, -0.15) is 5.10 Å². The van der Waals surface area contributed by atoms with Crippen LogP contribution in [-0.4, -0.2) is 37.0 Å². The van der Waals surface area contributed by atoms with Crippen LogP contribution in [0.15, 0.2) is 15.5 Å². The van der Waals surface area contributed by atoms with E-state index in [1.165, 1.54) is 10.9 Å². The Morgan fingerprint density at radius 3 is 2.71 bits per heavy atom. The first kappa shape index (κ1) is 18.1. The summed E-state index contributed by atoms with van der Waals surface area (Å²) < 4.78 is 27.2. The number of aromatic nitrogens is 2. The summed E-state index contributed by atoms with van der Waals surface area (Å²) in [7, 11) is -3.28. The number of halogens is 1. The molecule has 0 aliphatic heterocycles. The third-order valence-electron chi connectivity index (χ3n) is 2.76. The number of hydrogen-bond acceptors (Lipinski definition) is 5. The lowest BCUT2D eigenvalue weighted by Crippen LogP contribution is -2.30. The van der Waals surface area contributed by atoms with Gasteiger partial charge in [0, 0.05) is 19.6 Å². The fourth-order valence-electron chi connectivity index (χ4n) is 1.67. The van der Waals surface area contributed by atoms with E-state index in [9.17, 15) is 13.2 Å². The quantitative estimate of drug-likeness (QED) is 0.670. The van der Waals surface area contributed by atoms with Crippen LogP contribution in [0.5, 0.6) is 0 Å². The lowest BCUT2D eigenvalue weighted by atomic mass is 10.3. The average molecular weight is 381 g/mol. The number of sulfonamides is 1. The van der Waals surface area contributed by atoms with Gasteiger partial charge in [-0.05, 0) is 22.4 Å². The van der Waals surface area contributed by atoms with E-state index in [-0.39, 0.29) is 17.9 Å². The second-order valence-electron chi connectivity index (χ2n) is 4.50. The van der Waals surface area contributed by atoms with Crippen molar-refractivity contribution >= 4 is 31.6 Å². The minimum absolute atomic E-state index is 0.0633. The summed E-state index contributed by atoms with van der Waals surface area (Å²) in [5.74, 6) is -0.0633. The molecule has 0 saturated carbocycles. The summed E-state index contributed by atoms with van der Waals surface area (Å²) in [6.07, 6.45) is 3.39. The van der Waals surface area contributed by atoms with Crippen molar-refractivity contribution in [1.29, 1.82) is 0 Å². The molecular weight excluding hydrogens is 360 g/mol. The normalized spacial score (nSPS) is 11.6. The Bertz CT molecular complexity index is 615. The van der Waals surface area contributed by atoms with Crippen molar-refractivity contribution in [2.75, 3.05) is 24.2 Å². The van der Waals surface area contributed by atoms with Crippen molar-refractivity contribution in [3.8, 4) is 0 Å². The van der Waals surface area contributed by atoms with Crippen LogP contribution in [0.2, 0.25) is 0 Å². The standard InChI is InChI=1S/C12H21BrN4O3S/c1-3-5-7-17-12(18)11(13)10(9-15-17)14-6-8-21(19,20)16-4-2/h9,14,16H,3-8H2,1-2H3. The Morgan fingerprint density at radius 1 is 1.38 bits per heavy atom. The van der Waals surface area contributed by atoms with Crippen LogP contribution in [0.25, 0.3) is 0 Å².